The Morgan fingerprint density at radius 2 is 2.00 bits per heavy atom. The van der Waals surface area contributed by atoms with Crippen molar-refractivity contribution in [3.63, 3.8) is 0 Å². The van der Waals surface area contributed by atoms with Crippen molar-refractivity contribution in [2.75, 3.05) is 0 Å². The second kappa shape index (κ2) is 5.47. The van der Waals surface area contributed by atoms with E-state index in [1.807, 2.05) is 6.07 Å². The molecule has 1 saturated carbocycles. The number of carbonyl (C=O) groups is 1. The van der Waals surface area contributed by atoms with Gasteiger partial charge in [-0.25, -0.2) is 13.5 Å². The largest absolute Gasteiger partial charge is 0.329 e. The zero-order chi connectivity index (χ0) is 19.0. The van der Waals surface area contributed by atoms with Gasteiger partial charge in [0.2, 0.25) is 0 Å². The minimum Gasteiger partial charge on any atom is -0.329 e. The average Bonchev–Trinajstić information content (AvgIpc) is 3.05. The fourth-order valence-corrected chi connectivity index (χ4v) is 4.64. The molecule has 2 atom stereocenters. The van der Waals surface area contributed by atoms with Gasteiger partial charge in [0.05, 0.1) is 5.69 Å². The van der Waals surface area contributed by atoms with Crippen molar-refractivity contribution in [3.8, 4) is 5.69 Å². The summed E-state index contributed by atoms with van der Waals surface area (Å²) >= 11 is 0. The molecular formula is C21H16F2N4O. The zero-order valence-corrected chi connectivity index (χ0v) is 14.9. The number of hydrogen-bond acceptors (Lipinski definition) is 3. The number of fused-ring (bicyclic) bond motifs is 4. The first-order valence-electron chi connectivity index (χ1n) is 9.38. The van der Waals surface area contributed by atoms with Crippen molar-refractivity contribution in [2.45, 2.75) is 31.8 Å². The first-order chi connectivity index (χ1) is 13.6. The minimum absolute atomic E-state index is 0.144. The van der Waals surface area contributed by atoms with E-state index < -0.39 is 11.6 Å². The van der Waals surface area contributed by atoms with Crippen molar-refractivity contribution >= 4 is 5.91 Å². The third-order valence-electron chi connectivity index (χ3n) is 6.12. The molecule has 1 aromatic carbocycles. The van der Waals surface area contributed by atoms with Gasteiger partial charge in [-0.3, -0.25) is 9.78 Å². The molecule has 0 radical (unpaired) electrons. The Labute approximate surface area is 159 Å². The average molecular weight is 378 g/mol. The van der Waals surface area contributed by atoms with Crippen molar-refractivity contribution in [3.05, 3.63) is 76.4 Å². The molecule has 1 fully saturated rings. The Hall–Kier alpha value is -3.09. The summed E-state index contributed by atoms with van der Waals surface area (Å²) in [5.41, 5.74) is 4.55. The SMILES string of the molecule is O=C(c1nn(-c2ccc(F)cc2F)c2c1C[C@H]1C[C@@H]21)N1Cc2ccncc2C1. The number of aromatic nitrogens is 3. The monoisotopic (exact) mass is 378 g/mol. The predicted octanol–water partition coefficient (Wildman–Crippen LogP) is 3.36. The minimum atomic E-state index is -0.673. The first-order valence-corrected chi connectivity index (χ1v) is 9.38. The molecule has 28 heavy (non-hydrogen) atoms. The molecule has 0 bridgehead atoms. The van der Waals surface area contributed by atoms with Gasteiger partial charge in [-0.1, -0.05) is 0 Å². The highest BCUT2D eigenvalue weighted by Gasteiger charge is 2.50. The summed E-state index contributed by atoms with van der Waals surface area (Å²) in [6.07, 6.45) is 5.35. The van der Waals surface area contributed by atoms with Gasteiger partial charge in [0.15, 0.2) is 11.5 Å². The van der Waals surface area contributed by atoms with Crippen LogP contribution in [0.5, 0.6) is 0 Å². The number of hydrogen-bond donors (Lipinski definition) is 0. The zero-order valence-electron chi connectivity index (χ0n) is 14.9. The van der Waals surface area contributed by atoms with E-state index in [2.05, 4.69) is 10.1 Å². The Kier molecular flexibility index (Phi) is 3.11. The van der Waals surface area contributed by atoms with Gasteiger partial charge >= 0.3 is 0 Å². The molecule has 140 valence electrons. The third-order valence-corrected chi connectivity index (χ3v) is 6.12. The molecule has 3 aromatic rings. The van der Waals surface area contributed by atoms with Crippen molar-refractivity contribution in [1.29, 1.82) is 0 Å². The molecule has 2 aromatic heterocycles. The molecule has 7 heteroatoms. The van der Waals surface area contributed by atoms with E-state index in [9.17, 15) is 13.6 Å². The van der Waals surface area contributed by atoms with Gasteiger partial charge in [0.25, 0.3) is 5.91 Å². The second-order valence-corrected chi connectivity index (χ2v) is 7.83. The van der Waals surface area contributed by atoms with Gasteiger partial charge in [-0.05, 0) is 48.1 Å². The molecule has 5 nitrogen and oxygen atoms in total. The molecular weight excluding hydrogens is 362 g/mol. The maximum atomic E-state index is 14.4. The fourth-order valence-electron chi connectivity index (χ4n) is 4.64. The lowest BCUT2D eigenvalue weighted by atomic mass is 10.1. The van der Waals surface area contributed by atoms with E-state index in [1.54, 1.807) is 17.3 Å². The summed E-state index contributed by atoms with van der Waals surface area (Å²) in [5.74, 6) is -0.625. The first kappa shape index (κ1) is 15.9. The summed E-state index contributed by atoms with van der Waals surface area (Å²) in [7, 11) is 0. The molecule has 3 heterocycles. The summed E-state index contributed by atoms with van der Waals surface area (Å²) in [6, 6.07) is 5.39. The molecule has 0 N–H and O–H groups in total. The number of carbonyl (C=O) groups excluding carboxylic acids is 1. The van der Waals surface area contributed by atoms with E-state index in [0.717, 1.165) is 41.3 Å². The lowest BCUT2D eigenvalue weighted by Crippen LogP contribution is -2.26. The van der Waals surface area contributed by atoms with Gasteiger partial charge < -0.3 is 4.90 Å². The molecule has 0 spiro atoms. The lowest BCUT2D eigenvalue weighted by molar-refractivity contribution is 0.0743. The Morgan fingerprint density at radius 3 is 2.82 bits per heavy atom. The third kappa shape index (κ3) is 2.19. The molecule has 2 aliphatic carbocycles. The lowest BCUT2D eigenvalue weighted by Gasteiger charge is -2.14. The fraction of sp³-hybridized carbons (Fsp3) is 0.286. The van der Waals surface area contributed by atoms with Gasteiger partial charge in [-0.15, -0.1) is 0 Å². The Morgan fingerprint density at radius 1 is 1.14 bits per heavy atom. The molecule has 1 aliphatic heterocycles. The molecule has 6 rings (SSSR count). The number of nitrogens with zero attached hydrogens (tertiary/aromatic N) is 4. The smallest absolute Gasteiger partial charge is 0.275 e. The summed E-state index contributed by atoms with van der Waals surface area (Å²) in [4.78, 5) is 19.1. The number of pyridine rings is 1. The van der Waals surface area contributed by atoms with Gasteiger partial charge in [0, 0.05) is 43.0 Å². The van der Waals surface area contributed by atoms with Crippen LogP contribution < -0.4 is 0 Å². The van der Waals surface area contributed by atoms with Crippen molar-refractivity contribution in [1.82, 2.24) is 19.7 Å². The second-order valence-electron chi connectivity index (χ2n) is 7.83. The normalized spacial score (nSPS) is 21.4. The Balaban J connectivity index is 1.42. The quantitative estimate of drug-likeness (QED) is 0.687. The number of amides is 1. The van der Waals surface area contributed by atoms with Crippen molar-refractivity contribution < 1.29 is 13.6 Å². The molecule has 3 aliphatic rings. The standard InChI is InChI=1S/C21H16F2N4O/c22-14-1-2-18(17(23)7-14)27-20-15-5-12(15)6-16(20)19(25-27)21(28)26-9-11-3-4-24-8-13(11)10-26/h1-4,7-8,12,15H,5-6,9-10H2/t12-,15-/m1/s1. The van der Waals surface area contributed by atoms with Crippen LogP contribution in [0.1, 0.15) is 45.2 Å². The van der Waals surface area contributed by atoms with Crippen LogP contribution in [0, 0.1) is 17.6 Å². The van der Waals surface area contributed by atoms with E-state index in [1.165, 1.54) is 16.8 Å². The number of halogens is 2. The van der Waals surface area contributed by atoms with E-state index in [0.29, 0.717) is 30.6 Å². The number of benzene rings is 1. The summed E-state index contributed by atoms with van der Waals surface area (Å²) in [5, 5.41) is 4.52. The van der Waals surface area contributed by atoms with Gasteiger partial charge in [0.1, 0.15) is 11.5 Å². The van der Waals surface area contributed by atoms with Crippen LogP contribution in [0.3, 0.4) is 0 Å². The van der Waals surface area contributed by atoms with Gasteiger partial charge in [-0.2, -0.15) is 5.10 Å². The van der Waals surface area contributed by atoms with Crippen LogP contribution in [0.15, 0.2) is 36.7 Å². The van der Waals surface area contributed by atoms with Crippen LogP contribution >= 0.6 is 0 Å². The maximum absolute atomic E-state index is 14.4. The van der Waals surface area contributed by atoms with E-state index in [-0.39, 0.29) is 11.6 Å². The van der Waals surface area contributed by atoms with Crippen LogP contribution in [0.25, 0.3) is 5.69 Å². The molecule has 0 unspecified atom stereocenters. The van der Waals surface area contributed by atoms with Crippen LogP contribution in [0.2, 0.25) is 0 Å². The van der Waals surface area contributed by atoms with Crippen LogP contribution in [-0.4, -0.2) is 25.6 Å². The molecule has 0 saturated heterocycles. The van der Waals surface area contributed by atoms with Crippen LogP contribution in [0.4, 0.5) is 8.78 Å². The van der Waals surface area contributed by atoms with E-state index >= 15 is 0 Å². The topological polar surface area (TPSA) is 51.0 Å². The highest BCUT2D eigenvalue weighted by molar-refractivity contribution is 5.95. The van der Waals surface area contributed by atoms with Crippen molar-refractivity contribution in [2.24, 2.45) is 5.92 Å². The number of rotatable bonds is 2. The summed E-state index contributed by atoms with van der Waals surface area (Å²) < 4.78 is 29.3. The van der Waals surface area contributed by atoms with Crippen LogP contribution in [-0.2, 0) is 19.5 Å². The predicted molar refractivity (Wildman–Crippen MR) is 95.8 cm³/mol. The Bertz CT molecular complexity index is 1130. The highest BCUT2D eigenvalue weighted by atomic mass is 19.1. The van der Waals surface area contributed by atoms with E-state index in [4.69, 9.17) is 0 Å². The maximum Gasteiger partial charge on any atom is 0.275 e. The molecule has 1 amide bonds. The highest BCUT2D eigenvalue weighted by Crippen LogP contribution is 2.57. The summed E-state index contributed by atoms with van der Waals surface area (Å²) in [6.45, 7) is 1.03.